The van der Waals surface area contributed by atoms with Crippen LogP contribution in [0.4, 0.5) is 11.4 Å². The zero-order chi connectivity index (χ0) is 30.8. The number of benzene rings is 4. The first-order chi connectivity index (χ1) is 21.2. The van der Waals surface area contributed by atoms with Gasteiger partial charge in [0.15, 0.2) is 5.58 Å². The van der Waals surface area contributed by atoms with E-state index in [1.165, 1.54) is 44.4 Å². The number of furan rings is 1. The topological polar surface area (TPSA) is 16.4 Å². The van der Waals surface area contributed by atoms with Crippen LogP contribution in [0.3, 0.4) is 0 Å². The molecule has 0 amide bonds. The lowest BCUT2D eigenvalue weighted by Gasteiger charge is -2.29. The lowest BCUT2D eigenvalue weighted by atomic mass is 9.81. The molecule has 0 saturated carbocycles. The van der Waals surface area contributed by atoms with Crippen LogP contribution in [0.2, 0.25) is 0 Å². The maximum atomic E-state index is 7.03. The average molecular weight is 576 g/mol. The van der Waals surface area contributed by atoms with Crippen molar-refractivity contribution in [3.63, 3.8) is 0 Å². The van der Waals surface area contributed by atoms with Crippen LogP contribution in [-0.4, -0.2) is 0 Å². The van der Waals surface area contributed by atoms with E-state index in [-0.39, 0.29) is 10.8 Å². The lowest BCUT2D eigenvalue weighted by Crippen LogP contribution is -2.19. The standard InChI is InChI=1S/C42H41NO/c1-8-16-34-27(3)38-36(42(34,6)7)24-23-33-32-20-15-22-37(39(32)44-40(33)38)43(31-18-11-10-12-19-31)30(9-2)26-29-25-28-17-13-14-21-35(28)41(29,4)5/h8-24,26H,25H2,1-7H3/b16-8-,29-26+,30-9+. The van der Waals surface area contributed by atoms with Crippen molar-refractivity contribution >= 4 is 38.9 Å². The molecule has 0 saturated heterocycles. The molecule has 0 unspecified atom stereocenters. The van der Waals surface area contributed by atoms with Crippen LogP contribution in [-0.2, 0) is 17.3 Å². The fraction of sp³-hybridized carbons (Fsp3) is 0.238. The minimum Gasteiger partial charge on any atom is -0.453 e. The Morgan fingerprint density at radius 3 is 2.20 bits per heavy atom. The van der Waals surface area contributed by atoms with Crippen LogP contribution in [0.1, 0.15) is 70.7 Å². The second-order valence-electron chi connectivity index (χ2n) is 13.3. The molecule has 0 N–H and O–H groups in total. The molecule has 4 aromatic carbocycles. The van der Waals surface area contributed by atoms with Gasteiger partial charge in [-0.05, 0) is 79.3 Å². The molecule has 44 heavy (non-hydrogen) atoms. The molecule has 1 heterocycles. The summed E-state index contributed by atoms with van der Waals surface area (Å²) in [6, 6.07) is 30.7. The average Bonchev–Trinajstić information content (AvgIpc) is 3.59. The zero-order valence-electron chi connectivity index (χ0n) is 27.0. The Morgan fingerprint density at radius 1 is 0.750 bits per heavy atom. The van der Waals surface area contributed by atoms with Gasteiger partial charge in [-0.3, -0.25) is 0 Å². The Labute approximate surface area is 261 Å². The molecule has 2 heteroatoms. The smallest absolute Gasteiger partial charge is 0.159 e. The normalized spacial score (nSPS) is 18.2. The summed E-state index contributed by atoms with van der Waals surface area (Å²) in [5.74, 6) is 0. The minimum absolute atomic E-state index is 0.0412. The van der Waals surface area contributed by atoms with Crippen molar-refractivity contribution in [2.45, 2.75) is 65.7 Å². The third-order valence-electron chi connectivity index (χ3n) is 10.1. The van der Waals surface area contributed by atoms with Gasteiger partial charge in [-0.2, -0.15) is 0 Å². The SMILES string of the molecule is C/C=C\C1=C(C)c2c(ccc3c2oc2c(N(C(=C/C)/C=C4\Cc5ccccc5C4(C)C)c4ccccc4)cccc23)C1(C)C. The monoisotopic (exact) mass is 575 g/mol. The molecular formula is C42H41NO. The van der Waals surface area contributed by atoms with E-state index in [0.717, 1.165) is 40.0 Å². The predicted octanol–water partition coefficient (Wildman–Crippen LogP) is 11.7. The summed E-state index contributed by atoms with van der Waals surface area (Å²) in [5, 5.41) is 2.31. The molecule has 2 aliphatic carbocycles. The van der Waals surface area contributed by atoms with E-state index in [9.17, 15) is 0 Å². The van der Waals surface area contributed by atoms with Gasteiger partial charge in [-0.1, -0.05) is 118 Å². The molecule has 220 valence electrons. The summed E-state index contributed by atoms with van der Waals surface area (Å²) in [6.07, 6.45) is 10.0. The number of fused-ring (bicyclic) bond motifs is 6. The molecule has 1 aromatic heterocycles. The van der Waals surface area contributed by atoms with Gasteiger partial charge in [0.25, 0.3) is 0 Å². The molecule has 2 aliphatic rings. The first-order valence-electron chi connectivity index (χ1n) is 15.8. The van der Waals surface area contributed by atoms with E-state index in [0.29, 0.717) is 0 Å². The second kappa shape index (κ2) is 10.3. The Morgan fingerprint density at radius 2 is 1.48 bits per heavy atom. The van der Waals surface area contributed by atoms with Crippen molar-refractivity contribution in [3.05, 3.63) is 148 Å². The minimum atomic E-state index is -0.0754. The van der Waals surface area contributed by atoms with Crippen LogP contribution < -0.4 is 4.90 Å². The van der Waals surface area contributed by atoms with Gasteiger partial charge >= 0.3 is 0 Å². The molecule has 7 rings (SSSR count). The maximum absolute atomic E-state index is 7.03. The summed E-state index contributed by atoms with van der Waals surface area (Å²) in [5.41, 5.74) is 14.6. The highest BCUT2D eigenvalue weighted by Gasteiger charge is 2.38. The first-order valence-corrected chi connectivity index (χ1v) is 15.8. The van der Waals surface area contributed by atoms with E-state index in [2.05, 4.69) is 163 Å². The third-order valence-corrected chi connectivity index (χ3v) is 10.1. The maximum Gasteiger partial charge on any atom is 0.159 e. The second-order valence-corrected chi connectivity index (χ2v) is 13.3. The number of rotatable bonds is 5. The summed E-state index contributed by atoms with van der Waals surface area (Å²) < 4.78 is 7.03. The number of hydrogen-bond acceptors (Lipinski definition) is 2. The van der Waals surface area contributed by atoms with Crippen LogP contribution in [0, 0.1) is 0 Å². The quantitative estimate of drug-likeness (QED) is 0.207. The van der Waals surface area contributed by atoms with Gasteiger partial charge < -0.3 is 9.32 Å². The van der Waals surface area contributed by atoms with E-state index >= 15 is 0 Å². The Kier molecular flexibility index (Phi) is 6.59. The van der Waals surface area contributed by atoms with Crippen LogP contribution in [0.5, 0.6) is 0 Å². The van der Waals surface area contributed by atoms with Gasteiger partial charge in [0.05, 0.1) is 5.69 Å². The van der Waals surface area contributed by atoms with E-state index in [1.54, 1.807) is 0 Å². The number of allylic oxidation sites excluding steroid dienone is 7. The van der Waals surface area contributed by atoms with E-state index in [4.69, 9.17) is 4.42 Å². The zero-order valence-corrected chi connectivity index (χ0v) is 27.0. The third kappa shape index (κ3) is 4.08. The molecule has 2 nitrogen and oxygen atoms in total. The van der Waals surface area contributed by atoms with Crippen molar-refractivity contribution in [3.8, 4) is 0 Å². The Hall–Kier alpha value is -4.56. The fourth-order valence-electron chi connectivity index (χ4n) is 7.74. The Balaban J connectivity index is 1.45. The number of para-hydroxylation sites is 2. The molecule has 0 aliphatic heterocycles. The van der Waals surface area contributed by atoms with Crippen LogP contribution >= 0.6 is 0 Å². The Bertz CT molecular complexity index is 2060. The molecule has 0 radical (unpaired) electrons. The van der Waals surface area contributed by atoms with Crippen molar-refractivity contribution in [2.24, 2.45) is 0 Å². The number of nitrogens with zero attached hydrogens (tertiary/aromatic N) is 1. The largest absolute Gasteiger partial charge is 0.453 e. The number of hydrogen-bond donors (Lipinski definition) is 0. The van der Waals surface area contributed by atoms with Gasteiger partial charge in [0.1, 0.15) is 5.58 Å². The molecule has 0 fully saturated rings. The van der Waals surface area contributed by atoms with Gasteiger partial charge in [0.2, 0.25) is 0 Å². The highest BCUT2D eigenvalue weighted by molar-refractivity contribution is 6.13. The molecule has 0 bridgehead atoms. The highest BCUT2D eigenvalue weighted by Crippen LogP contribution is 2.51. The fourth-order valence-corrected chi connectivity index (χ4v) is 7.74. The van der Waals surface area contributed by atoms with Crippen molar-refractivity contribution in [2.75, 3.05) is 4.90 Å². The summed E-state index contributed by atoms with van der Waals surface area (Å²) in [4.78, 5) is 2.37. The summed E-state index contributed by atoms with van der Waals surface area (Å²) in [6.45, 7) is 15.8. The molecular weight excluding hydrogens is 534 g/mol. The van der Waals surface area contributed by atoms with Crippen LogP contribution in [0.25, 0.3) is 27.5 Å². The van der Waals surface area contributed by atoms with Crippen molar-refractivity contribution in [1.29, 1.82) is 0 Å². The lowest BCUT2D eigenvalue weighted by molar-refractivity contribution is 0.642. The van der Waals surface area contributed by atoms with Gasteiger partial charge in [0, 0.05) is 38.6 Å². The first kappa shape index (κ1) is 28.2. The summed E-state index contributed by atoms with van der Waals surface area (Å²) >= 11 is 0. The van der Waals surface area contributed by atoms with Crippen molar-refractivity contribution in [1.82, 2.24) is 0 Å². The van der Waals surface area contributed by atoms with E-state index < -0.39 is 0 Å². The van der Waals surface area contributed by atoms with Crippen LogP contribution in [0.15, 0.2) is 130 Å². The predicted molar refractivity (Wildman–Crippen MR) is 188 cm³/mol. The number of anilines is 2. The molecule has 0 spiro atoms. The van der Waals surface area contributed by atoms with Gasteiger partial charge in [-0.25, -0.2) is 0 Å². The molecule has 0 atom stereocenters. The van der Waals surface area contributed by atoms with E-state index in [1.807, 2.05) is 0 Å². The molecule has 5 aromatic rings. The van der Waals surface area contributed by atoms with Crippen molar-refractivity contribution < 1.29 is 4.42 Å². The summed E-state index contributed by atoms with van der Waals surface area (Å²) in [7, 11) is 0. The van der Waals surface area contributed by atoms with Gasteiger partial charge in [-0.15, -0.1) is 0 Å². The highest BCUT2D eigenvalue weighted by atomic mass is 16.3.